The van der Waals surface area contributed by atoms with Crippen LogP contribution in [0.15, 0.2) is 6.07 Å². The number of carboxylic acids is 1. The van der Waals surface area contributed by atoms with Crippen molar-refractivity contribution >= 4 is 12.0 Å². The fraction of sp³-hybridized carbons (Fsp3) is 0.615. The van der Waals surface area contributed by atoms with Crippen LogP contribution in [0.2, 0.25) is 0 Å². The van der Waals surface area contributed by atoms with Crippen LogP contribution in [0.25, 0.3) is 0 Å². The van der Waals surface area contributed by atoms with Crippen molar-refractivity contribution in [2.24, 2.45) is 7.05 Å². The second kappa shape index (κ2) is 7.52. The second-order valence-corrected chi connectivity index (χ2v) is 4.61. The molecule has 0 saturated heterocycles. The number of aromatic nitrogens is 2. The molecule has 1 atom stereocenters. The number of hydrogen-bond donors (Lipinski definition) is 3. The first-order valence-corrected chi connectivity index (χ1v) is 6.76. The standard InChI is InChI=1S/C13H22N4O3/c1-4-6-11(12(18)19)15-13(20)14-8-10-7-9(5-2)16-17(10)3/h7,11H,4-6,8H2,1-3H3,(H,18,19)(H2,14,15,20). The summed E-state index contributed by atoms with van der Waals surface area (Å²) in [5.74, 6) is -1.02. The number of aryl methyl sites for hydroxylation is 2. The number of urea groups is 1. The largest absolute Gasteiger partial charge is 0.480 e. The molecule has 7 nitrogen and oxygen atoms in total. The van der Waals surface area contributed by atoms with Gasteiger partial charge in [0.2, 0.25) is 0 Å². The zero-order valence-corrected chi connectivity index (χ0v) is 12.1. The van der Waals surface area contributed by atoms with E-state index in [9.17, 15) is 9.59 Å². The van der Waals surface area contributed by atoms with Gasteiger partial charge in [0.1, 0.15) is 6.04 Å². The van der Waals surface area contributed by atoms with Crippen LogP contribution in [-0.2, 0) is 24.8 Å². The van der Waals surface area contributed by atoms with Crippen molar-refractivity contribution in [3.63, 3.8) is 0 Å². The first kappa shape index (κ1) is 16.0. The molecule has 1 heterocycles. The lowest BCUT2D eigenvalue weighted by molar-refractivity contribution is -0.139. The van der Waals surface area contributed by atoms with Gasteiger partial charge in [-0.1, -0.05) is 20.3 Å². The van der Waals surface area contributed by atoms with E-state index in [1.54, 1.807) is 4.68 Å². The predicted molar refractivity (Wildman–Crippen MR) is 74.3 cm³/mol. The van der Waals surface area contributed by atoms with Gasteiger partial charge in [0.25, 0.3) is 0 Å². The Labute approximate surface area is 118 Å². The van der Waals surface area contributed by atoms with Crippen molar-refractivity contribution < 1.29 is 14.7 Å². The van der Waals surface area contributed by atoms with E-state index in [1.807, 2.05) is 27.0 Å². The number of carbonyl (C=O) groups is 2. The van der Waals surface area contributed by atoms with Gasteiger partial charge in [0, 0.05) is 7.05 Å². The molecule has 7 heteroatoms. The molecule has 0 bridgehead atoms. The van der Waals surface area contributed by atoms with Gasteiger partial charge in [-0.2, -0.15) is 5.10 Å². The Bertz CT molecular complexity index is 470. The predicted octanol–water partition coefficient (Wildman–Crippen LogP) is 1.03. The van der Waals surface area contributed by atoms with Crippen molar-refractivity contribution in [1.29, 1.82) is 0 Å². The van der Waals surface area contributed by atoms with Gasteiger partial charge in [-0.05, 0) is 18.9 Å². The number of carboxylic acid groups (broad SMARTS) is 1. The molecule has 0 aliphatic rings. The smallest absolute Gasteiger partial charge is 0.326 e. The zero-order valence-electron chi connectivity index (χ0n) is 12.1. The van der Waals surface area contributed by atoms with Crippen LogP contribution in [0.5, 0.6) is 0 Å². The van der Waals surface area contributed by atoms with E-state index in [2.05, 4.69) is 15.7 Å². The van der Waals surface area contributed by atoms with E-state index >= 15 is 0 Å². The average Bonchev–Trinajstić information content (AvgIpc) is 2.76. The van der Waals surface area contributed by atoms with E-state index in [4.69, 9.17) is 5.11 Å². The van der Waals surface area contributed by atoms with Crippen LogP contribution >= 0.6 is 0 Å². The third-order valence-corrected chi connectivity index (χ3v) is 3.00. The lowest BCUT2D eigenvalue weighted by Gasteiger charge is -2.14. The van der Waals surface area contributed by atoms with E-state index in [-0.39, 0.29) is 0 Å². The normalized spacial score (nSPS) is 11.9. The van der Waals surface area contributed by atoms with Crippen molar-refractivity contribution in [3.05, 3.63) is 17.5 Å². The monoisotopic (exact) mass is 282 g/mol. The molecule has 0 spiro atoms. The molecule has 2 amide bonds. The summed E-state index contributed by atoms with van der Waals surface area (Å²) in [6, 6.07) is 0.587. The van der Waals surface area contributed by atoms with E-state index < -0.39 is 18.0 Å². The number of aliphatic carboxylic acids is 1. The maximum absolute atomic E-state index is 11.7. The van der Waals surface area contributed by atoms with Crippen LogP contribution in [0, 0.1) is 0 Å². The molecule has 0 aliphatic carbocycles. The average molecular weight is 282 g/mol. The third kappa shape index (κ3) is 4.56. The maximum Gasteiger partial charge on any atom is 0.326 e. The Balaban J connectivity index is 2.49. The van der Waals surface area contributed by atoms with Crippen LogP contribution in [0.4, 0.5) is 4.79 Å². The Morgan fingerprint density at radius 2 is 2.15 bits per heavy atom. The summed E-state index contributed by atoms with van der Waals surface area (Å²) in [6.07, 6.45) is 1.94. The van der Waals surface area contributed by atoms with Gasteiger partial charge in [0.05, 0.1) is 17.9 Å². The molecule has 0 aromatic carbocycles. The lowest BCUT2D eigenvalue weighted by atomic mass is 10.2. The van der Waals surface area contributed by atoms with E-state index in [0.717, 1.165) is 17.8 Å². The first-order valence-electron chi connectivity index (χ1n) is 6.76. The molecular weight excluding hydrogens is 260 g/mol. The van der Waals surface area contributed by atoms with Crippen molar-refractivity contribution in [1.82, 2.24) is 20.4 Å². The summed E-state index contributed by atoms with van der Waals surface area (Å²) in [4.78, 5) is 22.6. The van der Waals surface area contributed by atoms with Gasteiger partial charge in [-0.15, -0.1) is 0 Å². The first-order chi connectivity index (χ1) is 9.47. The van der Waals surface area contributed by atoms with Gasteiger partial charge < -0.3 is 15.7 Å². The number of nitrogens with zero attached hydrogens (tertiary/aromatic N) is 2. The Hall–Kier alpha value is -2.05. The highest BCUT2D eigenvalue weighted by atomic mass is 16.4. The highest BCUT2D eigenvalue weighted by molar-refractivity contribution is 5.82. The van der Waals surface area contributed by atoms with Gasteiger partial charge in [0.15, 0.2) is 0 Å². The number of carbonyl (C=O) groups excluding carboxylic acids is 1. The summed E-state index contributed by atoms with van der Waals surface area (Å²) >= 11 is 0. The van der Waals surface area contributed by atoms with Gasteiger partial charge >= 0.3 is 12.0 Å². The van der Waals surface area contributed by atoms with Gasteiger partial charge in [-0.25, -0.2) is 9.59 Å². The number of amides is 2. The lowest BCUT2D eigenvalue weighted by Crippen LogP contribution is -2.45. The highest BCUT2D eigenvalue weighted by Crippen LogP contribution is 2.03. The fourth-order valence-corrected chi connectivity index (χ4v) is 1.84. The molecule has 112 valence electrons. The topological polar surface area (TPSA) is 96.3 Å². The maximum atomic E-state index is 11.7. The molecule has 1 aromatic heterocycles. The number of nitrogens with one attached hydrogen (secondary N) is 2. The van der Waals surface area contributed by atoms with Crippen molar-refractivity contribution in [3.8, 4) is 0 Å². The molecule has 0 fully saturated rings. The molecule has 0 radical (unpaired) electrons. The molecule has 1 unspecified atom stereocenters. The van der Waals surface area contributed by atoms with Crippen LogP contribution < -0.4 is 10.6 Å². The third-order valence-electron chi connectivity index (χ3n) is 3.00. The van der Waals surface area contributed by atoms with Crippen LogP contribution in [0.1, 0.15) is 38.1 Å². The molecule has 1 rings (SSSR count). The zero-order chi connectivity index (χ0) is 15.1. The minimum absolute atomic E-state index is 0.313. The molecule has 3 N–H and O–H groups in total. The molecular formula is C13H22N4O3. The number of hydrogen-bond acceptors (Lipinski definition) is 3. The number of rotatable bonds is 7. The molecule has 0 aliphatic heterocycles. The highest BCUT2D eigenvalue weighted by Gasteiger charge is 2.18. The molecule has 1 aromatic rings. The quantitative estimate of drug-likeness (QED) is 0.696. The van der Waals surface area contributed by atoms with Crippen molar-refractivity contribution in [2.75, 3.05) is 0 Å². The summed E-state index contributed by atoms with van der Waals surface area (Å²) in [5.41, 5.74) is 1.83. The summed E-state index contributed by atoms with van der Waals surface area (Å²) in [6.45, 7) is 4.19. The summed E-state index contributed by atoms with van der Waals surface area (Å²) in [5, 5.41) is 18.3. The summed E-state index contributed by atoms with van der Waals surface area (Å²) in [7, 11) is 1.81. The van der Waals surface area contributed by atoms with E-state index in [0.29, 0.717) is 19.4 Å². The van der Waals surface area contributed by atoms with Crippen LogP contribution in [0.3, 0.4) is 0 Å². The molecule has 20 heavy (non-hydrogen) atoms. The second-order valence-electron chi connectivity index (χ2n) is 4.61. The SMILES string of the molecule is CCCC(NC(=O)NCc1cc(CC)nn1C)C(=O)O. The Kier molecular flexibility index (Phi) is 6.02. The fourth-order valence-electron chi connectivity index (χ4n) is 1.84. The van der Waals surface area contributed by atoms with Gasteiger partial charge in [-0.3, -0.25) is 4.68 Å². The Morgan fingerprint density at radius 3 is 2.65 bits per heavy atom. The molecule has 0 saturated carbocycles. The van der Waals surface area contributed by atoms with Crippen molar-refractivity contribution in [2.45, 2.75) is 45.7 Å². The minimum atomic E-state index is -1.02. The Morgan fingerprint density at radius 1 is 1.45 bits per heavy atom. The minimum Gasteiger partial charge on any atom is -0.480 e. The summed E-state index contributed by atoms with van der Waals surface area (Å²) < 4.78 is 1.71. The van der Waals surface area contributed by atoms with E-state index in [1.165, 1.54) is 0 Å². The van der Waals surface area contributed by atoms with Crippen LogP contribution in [-0.4, -0.2) is 32.9 Å².